The lowest BCUT2D eigenvalue weighted by Gasteiger charge is -2.05. The Balaban J connectivity index is 2.04. The molecule has 1 aromatic carbocycles. The summed E-state index contributed by atoms with van der Waals surface area (Å²) in [5.41, 5.74) is 4.10. The van der Waals surface area contributed by atoms with Gasteiger partial charge in [-0.25, -0.2) is 15.4 Å². The quantitative estimate of drug-likeness (QED) is 0.695. The second-order valence-corrected chi connectivity index (χ2v) is 4.46. The van der Waals surface area contributed by atoms with Crippen molar-refractivity contribution in [2.75, 3.05) is 5.43 Å². The number of benzene rings is 1. The van der Waals surface area contributed by atoms with E-state index in [1.165, 1.54) is 18.3 Å². The molecule has 0 aliphatic carbocycles. The van der Waals surface area contributed by atoms with E-state index in [2.05, 4.69) is 20.5 Å². The molecule has 0 aliphatic heterocycles. The third-order valence-corrected chi connectivity index (χ3v) is 2.60. The predicted octanol–water partition coefficient (Wildman–Crippen LogP) is 3.56. The van der Waals surface area contributed by atoms with Crippen LogP contribution in [0.15, 0.2) is 35.4 Å². The van der Waals surface area contributed by atoms with Crippen molar-refractivity contribution in [3.63, 3.8) is 0 Å². The first-order valence-electron chi connectivity index (χ1n) is 6.13. The van der Waals surface area contributed by atoms with Gasteiger partial charge in [-0.15, -0.1) is 0 Å². The number of hydrogen-bond donors (Lipinski definition) is 1. The minimum atomic E-state index is -4.33. The Morgan fingerprint density at radius 2 is 1.62 bits per heavy atom. The van der Waals surface area contributed by atoms with Crippen molar-refractivity contribution in [3.8, 4) is 0 Å². The number of halogens is 3. The van der Waals surface area contributed by atoms with E-state index in [4.69, 9.17) is 0 Å². The number of anilines is 1. The first-order valence-corrected chi connectivity index (χ1v) is 6.13. The molecule has 1 N–H and O–H groups in total. The van der Waals surface area contributed by atoms with Gasteiger partial charge in [-0.3, -0.25) is 0 Å². The van der Waals surface area contributed by atoms with Gasteiger partial charge in [0.25, 0.3) is 0 Å². The molecule has 0 radical (unpaired) electrons. The highest BCUT2D eigenvalue weighted by molar-refractivity contribution is 5.80. The highest BCUT2D eigenvalue weighted by atomic mass is 19.4. The van der Waals surface area contributed by atoms with Gasteiger partial charge in [-0.1, -0.05) is 12.1 Å². The summed E-state index contributed by atoms with van der Waals surface area (Å²) in [4.78, 5) is 8.25. The van der Waals surface area contributed by atoms with Gasteiger partial charge in [-0.05, 0) is 37.6 Å². The molecule has 0 fully saturated rings. The van der Waals surface area contributed by atoms with Crippen molar-refractivity contribution in [2.45, 2.75) is 20.0 Å². The van der Waals surface area contributed by atoms with Gasteiger partial charge in [0.1, 0.15) is 0 Å². The number of hydrogen-bond acceptors (Lipinski definition) is 4. The lowest BCUT2D eigenvalue weighted by molar-refractivity contribution is -0.137. The lowest BCUT2D eigenvalue weighted by Crippen LogP contribution is -2.04. The second kappa shape index (κ2) is 5.90. The van der Waals surface area contributed by atoms with E-state index >= 15 is 0 Å². The Labute approximate surface area is 119 Å². The summed E-state index contributed by atoms with van der Waals surface area (Å²) in [6.07, 6.45) is -2.93. The average molecular weight is 294 g/mol. The fourth-order valence-electron chi connectivity index (χ4n) is 1.70. The van der Waals surface area contributed by atoms with Crippen LogP contribution in [0.2, 0.25) is 0 Å². The molecular formula is C14H13F3N4. The summed E-state index contributed by atoms with van der Waals surface area (Å²) in [7, 11) is 0. The monoisotopic (exact) mass is 294 g/mol. The fourth-order valence-corrected chi connectivity index (χ4v) is 1.70. The van der Waals surface area contributed by atoms with Crippen molar-refractivity contribution in [1.82, 2.24) is 9.97 Å². The smallest absolute Gasteiger partial charge is 0.245 e. The van der Waals surface area contributed by atoms with Crippen molar-refractivity contribution >= 4 is 12.2 Å². The molecule has 0 aliphatic rings. The summed E-state index contributed by atoms with van der Waals surface area (Å²) >= 11 is 0. The highest BCUT2D eigenvalue weighted by Crippen LogP contribution is 2.28. The first kappa shape index (κ1) is 15.0. The second-order valence-electron chi connectivity index (χ2n) is 4.46. The zero-order valence-electron chi connectivity index (χ0n) is 11.4. The third kappa shape index (κ3) is 4.27. The van der Waals surface area contributed by atoms with Crippen LogP contribution in [0.25, 0.3) is 0 Å². The average Bonchev–Trinajstić information content (AvgIpc) is 2.37. The molecule has 4 nitrogen and oxygen atoms in total. The van der Waals surface area contributed by atoms with E-state index in [1.807, 2.05) is 19.9 Å². The largest absolute Gasteiger partial charge is 0.416 e. The van der Waals surface area contributed by atoms with E-state index in [0.717, 1.165) is 23.5 Å². The summed E-state index contributed by atoms with van der Waals surface area (Å²) in [6, 6.07) is 6.53. The molecular weight excluding hydrogens is 281 g/mol. The van der Waals surface area contributed by atoms with Crippen LogP contribution in [0, 0.1) is 13.8 Å². The third-order valence-electron chi connectivity index (χ3n) is 2.60. The number of alkyl halides is 3. The van der Waals surface area contributed by atoms with Crippen molar-refractivity contribution in [2.24, 2.45) is 5.10 Å². The molecule has 0 bridgehead atoms. The van der Waals surface area contributed by atoms with Gasteiger partial charge in [0.05, 0.1) is 11.8 Å². The van der Waals surface area contributed by atoms with Crippen LogP contribution in [-0.4, -0.2) is 16.2 Å². The Bertz CT molecular complexity index is 628. The molecule has 0 saturated heterocycles. The van der Waals surface area contributed by atoms with E-state index < -0.39 is 11.7 Å². The maximum Gasteiger partial charge on any atom is 0.416 e. The van der Waals surface area contributed by atoms with Crippen LogP contribution in [-0.2, 0) is 6.18 Å². The van der Waals surface area contributed by atoms with E-state index in [0.29, 0.717) is 11.5 Å². The minimum Gasteiger partial charge on any atom is -0.245 e. The van der Waals surface area contributed by atoms with Crippen LogP contribution in [0.3, 0.4) is 0 Å². The van der Waals surface area contributed by atoms with Gasteiger partial charge in [0.15, 0.2) is 0 Å². The van der Waals surface area contributed by atoms with E-state index in [-0.39, 0.29) is 0 Å². The molecule has 0 spiro atoms. The lowest BCUT2D eigenvalue weighted by atomic mass is 10.1. The van der Waals surface area contributed by atoms with Crippen LogP contribution < -0.4 is 5.43 Å². The van der Waals surface area contributed by atoms with Gasteiger partial charge >= 0.3 is 6.18 Å². The Morgan fingerprint density at radius 1 is 1.05 bits per heavy atom. The maximum absolute atomic E-state index is 12.4. The SMILES string of the molecule is Cc1cc(C)nc(N/N=C/c2ccc(C(F)(F)F)cc2)n1. The van der Waals surface area contributed by atoms with Crippen LogP contribution in [0.1, 0.15) is 22.5 Å². The Hall–Kier alpha value is -2.44. The van der Waals surface area contributed by atoms with Crippen molar-refractivity contribution in [1.29, 1.82) is 0 Å². The standard InChI is InChI=1S/C14H13F3N4/c1-9-7-10(2)20-13(19-9)21-18-8-11-3-5-12(6-4-11)14(15,16)17/h3-8H,1-2H3,(H,19,20,21)/b18-8+. The summed E-state index contributed by atoms with van der Waals surface area (Å²) in [5.74, 6) is 0.343. The molecule has 7 heteroatoms. The number of aryl methyl sites for hydroxylation is 2. The van der Waals surface area contributed by atoms with Crippen LogP contribution in [0.4, 0.5) is 19.1 Å². The summed E-state index contributed by atoms with van der Waals surface area (Å²) in [5, 5.41) is 3.90. The molecule has 0 atom stereocenters. The molecule has 0 unspecified atom stereocenters. The number of nitrogens with zero attached hydrogens (tertiary/aromatic N) is 3. The van der Waals surface area contributed by atoms with Crippen LogP contribution in [0.5, 0.6) is 0 Å². The fraction of sp³-hybridized carbons (Fsp3) is 0.214. The molecule has 21 heavy (non-hydrogen) atoms. The van der Waals surface area contributed by atoms with Crippen molar-refractivity contribution in [3.05, 3.63) is 52.8 Å². The molecule has 0 amide bonds. The molecule has 1 aromatic heterocycles. The first-order chi connectivity index (χ1) is 9.84. The highest BCUT2D eigenvalue weighted by Gasteiger charge is 2.29. The van der Waals surface area contributed by atoms with Gasteiger partial charge in [0.2, 0.25) is 5.95 Å². The molecule has 2 aromatic rings. The maximum atomic E-state index is 12.4. The molecule has 1 heterocycles. The topological polar surface area (TPSA) is 50.2 Å². The molecule has 2 rings (SSSR count). The zero-order chi connectivity index (χ0) is 15.5. The Kier molecular flexibility index (Phi) is 4.21. The minimum absolute atomic E-state index is 0.343. The number of nitrogens with one attached hydrogen (secondary N) is 1. The Morgan fingerprint density at radius 3 is 2.14 bits per heavy atom. The van der Waals surface area contributed by atoms with E-state index in [1.54, 1.807) is 0 Å². The van der Waals surface area contributed by atoms with E-state index in [9.17, 15) is 13.2 Å². The summed E-state index contributed by atoms with van der Waals surface area (Å²) < 4.78 is 37.2. The normalized spacial score (nSPS) is 11.9. The van der Waals surface area contributed by atoms with Gasteiger partial charge in [-0.2, -0.15) is 18.3 Å². The predicted molar refractivity (Wildman–Crippen MR) is 74.2 cm³/mol. The number of aromatic nitrogens is 2. The van der Waals surface area contributed by atoms with Crippen LogP contribution >= 0.6 is 0 Å². The zero-order valence-corrected chi connectivity index (χ0v) is 11.4. The molecule has 0 saturated carbocycles. The number of rotatable bonds is 3. The van der Waals surface area contributed by atoms with Crippen molar-refractivity contribution < 1.29 is 13.2 Å². The number of hydrazone groups is 1. The molecule has 110 valence electrons. The van der Waals surface area contributed by atoms with Gasteiger partial charge < -0.3 is 0 Å². The summed E-state index contributed by atoms with van der Waals surface area (Å²) in [6.45, 7) is 3.67. The van der Waals surface area contributed by atoms with Gasteiger partial charge in [0, 0.05) is 11.4 Å².